The maximum atomic E-state index is 7.91. The molecule has 0 rings (SSSR count). The van der Waals surface area contributed by atoms with Crippen LogP contribution in [0, 0.1) is 0 Å². The Hall–Kier alpha value is -0.610. The van der Waals surface area contributed by atoms with E-state index in [1.807, 2.05) is 0 Å². The molecular weight excluding hydrogens is 110 g/mol. The number of hydrogen-bond donors (Lipinski definition) is 1. The monoisotopic (exact) mass is 119 g/mol. The van der Waals surface area contributed by atoms with Crippen LogP contribution < -0.4 is 0 Å². The van der Waals surface area contributed by atoms with Crippen molar-refractivity contribution in [2.45, 2.75) is 6.29 Å². The lowest BCUT2D eigenvalue weighted by Crippen LogP contribution is -2.13. The Labute approximate surface area is 47.7 Å². The zero-order chi connectivity index (χ0) is 6.41. The van der Waals surface area contributed by atoms with Crippen molar-refractivity contribution in [1.29, 1.82) is 0 Å². The topological polar surface area (TPSA) is 51.0 Å². The fraction of sp³-hybridized carbons (Fsp3) is 0.750. The van der Waals surface area contributed by atoms with E-state index >= 15 is 0 Å². The molecule has 0 aromatic rings. The van der Waals surface area contributed by atoms with Gasteiger partial charge in [0.1, 0.15) is 0 Å². The van der Waals surface area contributed by atoms with Gasteiger partial charge in [-0.05, 0) is 0 Å². The molecule has 0 atom stereocenters. The summed E-state index contributed by atoms with van der Waals surface area (Å²) in [6.07, 6.45) is 0.597. The molecule has 0 aromatic heterocycles. The highest BCUT2D eigenvalue weighted by Crippen LogP contribution is 1.83. The molecule has 0 radical (unpaired) electrons. The molecule has 4 heteroatoms. The average Bonchev–Trinajstić information content (AvgIpc) is 1.83. The van der Waals surface area contributed by atoms with E-state index < -0.39 is 6.29 Å². The van der Waals surface area contributed by atoms with E-state index in [0.717, 1.165) is 6.21 Å². The van der Waals surface area contributed by atoms with Crippen molar-refractivity contribution < 1.29 is 14.7 Å². The number of nitrogens with zero attached hydrogens (tertiary/aromatic N) is 1. The van der Waals surface area contributed by atoms with Gasteiger partial charge in [0, 0.05) is 14.2 Å². The van der Waals surface area contributed by atoms with Crippen molar-refractivity contribution in [1.82, 2.24) is 0 Å². The highest BCUT2D eigenvalue weighted by atomic mass is 16.7. The van der Waals surface area contributed by atoms with Gasteiger partial charge in [0.2, 0.25) is 0 Å². The summed E-state index contributed by atoms with van der Waals surface area (Å²) in [5.41, 5.74) is 0. The Bertz CT molecular complexity index is 69.7. The molecular formula is C4H9NO3. The molecule has 0 amide bonds. The summed E-state index contributed by atoms with van der Waals surface area (Å²) in [4.78, 5) is 0. The third-order valence-electron chi connectivity index (χ3n) is 0.653. The molecule has 0 saturated heterocycles. The first kappa shape index (κ1) is 7.39. The minimum atomic E-state index is -0.542. The van der Waals surface area contributed by atoms with Crippen LogP contribution in [-0.4, -0.2) is 31.9 Å². The molecule has 1 N–H and O–H groups in total. The van der Waals surface area contributed by atoms with E-state index in [4.69, 9.17) is 5.21 Å². The molecule has 0 bridgehead atoms. The van der Waals surface area contributed by atoms with E-state index in [0.29, 0.717) is 0 Å². The Balaban J connectivity index is 3.36. The minimum Gasteiger partial charge on any atom is -0.411 e. The largest absolute Gasteiger partial charge is 0.411 e. The molecule has 0 aliphatic carbocycles. The summed E-state index contributed by atoms with van der Waals surface area (Å²) in [6, 6.07) is 0. The predicted octanol–water partition coefficient (Wildman–Crippen LogP) is 0.0653. The van der Waals surface area contributed by atoms with Crippen LogP contribution in [0.1, 0.15) is 0 Å². The molecule has 0 spiro atoms. The van der Waals surface area contributed by atoms with Gasteiger partial charge >= 0.3 is 0 Å². The van der Waals surface area contributed by atoms with E-state index in [9.17, 15) is 0 Å². The van der Waals surface area contributed by atoms with Crippen molar-refractivity contribution in [2.24, 2.45) is 5.16 Å². The van der Waals surface area contributed by atoms with Crippen LogP contribution in [0.25, 0.3) is 0 Å². The van der Waals surface area contributed by atoms with Crippen LogP contribution in [-0.2, 0) is 9.47 Å². The van der Waals surface area contributed by atoms with Crippen molar-refractivity contribution in [3.05, 3.63) is 0 Å². The Morgan fingerprint density at radius 2 is 2.00 bits per heavy atom. The smallest absolute Gasteiger partial charge is 0.196 e. The fourth-order valence-electron chi connectivity index (χ4n) is 0.272. The first-order valence-electron chi connectivity index (χ1n) is 2.08. The van der Waals surface area contributed by atoms with Gasteiger partial charge in [0.15, 0.2) is 6.29 Å². The van der Waals surface area contributed by atoms with Crippen molar-refractivity contribution in [2.75, 3.05) is 14.2 Å². The van der Waals surface area contributed by atoms with Crippen LogP contribution in [0.3, 0.4) is 0 Å². The van der Waals surface area contributed by atoms with E-state index in [2.05, 4.69) is 14.6 Å². The van der Waals surface area contributed by atoms with Gasteiger partial charge in [-0.15, -0.1) is 0 Å². The van der Waals surface area contributed by atoms with Gasteiger partial charge in [-0.2, -0.15) is 0 Å². The summed E-state index contributed by atoms with van der Waals surface area (Å²) in [7, 11) is 2.91. The lowest BCUT2D eigenvalue weighted by atomic mass is 10.7. The van der Waals surface area contributed by atoms with Crippen LogP contribution in [0.5, 0.6) is 0 Å². The van der Waals surface area contributed by atoms with Crippen LogP contribution in [0.2, 0.25) is 0 Å². The maximum Gasteiger partial charge on any atom is 0.196 e. The zero-order valence-corrected chi connectivity index (χ0v) is 4.87. The SMILES string of the molecule is COC(C=NO)OC. The minimum absolute atomic E-state index is 0.542. The second-order valence-electron chi connectivity index (χ2n) is 1.10. The second-order valence-corrected chi connectivity index (χ2v) is 1.10. The van der Waals surface area contributed by atoms with Gasteiger partial charge in [-0.25, -0.2) is 0 Å². The Morgan fingerprint density at radius 1 is 1.50 bits per heavy atom. The fourth-order valence-corrected chi connectivity index (χ4v) is 0.272. The van der Waals surface area contributed by atoms with Crippen molar-refractivity contribution in [3.63, 3.8) is 0 Å². The van der Waals surface area contributed by atoms with Gasteiger partial charge in [-0.1, -0.05) is 5.16 Å². The summed E-state index contributed by atoms with van der Waals surface area (Å²) in [5.74, 6) is 0. The number of methoxy groups -OCH3 is 2. The molecule has 0 heterocycles. The first-order chi connectivity index (χ1) is 3.85. The normalized spacial score (nSPS) is 11.4. The predicted molar refractivity (Wildman–Crippen MR) is 28.1 cm³/mol. The van der Waals surface area contributed by atoms with Crippen LogP contribution in [0.15, 0.2) is 5.16 Å². The third-order valence-corrected chi connectivity index (χ3v) is 0.653. The Morgan fingerprint density at radius 3 is 2.12 bits per heavy atom. The van der Waals surface area contributed by atoms with Gasteiger partial charge < -0.3 is 14.7 Å². The maximum absolute atomic E-state index is 7.91. The average molecular weight is 119 g/mol. The molecule has 0 aliphatic heterocycles. The molecule has 48 valence electrons. The first-order valence-corrected chi connectivity index (χ1v) is 2.08. The third kappa shape index (κ3) is 2.54. The standard InChI is InChI=1S/C4H9NO3/c1-7-4(8-2)3-5-6/h3-4,6H,1-2H3. The van der Waals surface area contributed by atoms with Crippen LogP contribution >= 0.6 is 0 Å². The second kappa shape index (κ2) is 4.55. The number of rotatable bonds is 3. The molecule has 0 aliphatic rings. The molecule has 0 saturated carbocycles. The van der Waals surface area contributed by atoms with Crippen LogP contribution in [0.4, 0.5) is 0 Å². The number of hydrogen-bond acceptors (Lipinski definition) is 4. The van der Waals surface area contributed by atoms with E-state index in [-0.39, 0.29) is 0 Å². The van der Waals surface area contributed by atoms with E-state index in [1.165, 1.54) is 14.2 Å². The molecule has 0 fully saturated rings. The zero-order valence-electron chi connectivity index (χ0n) is 4.87. The summed E-state index contributed by atoms with van der Waals surface area (Å²) in [5, 5.41) is 10.6. The highest BCUT2D eigenvalue weighted by Gasteiger charge is 1.96. The summed E-state index contributed by atoms with van der Waals surface area (Å²) < 4.78 is 9.22. The summed E-state index contributed by atoms with van der Waals surface area (Å²) in [6.45, 7) is 0. The van der Waals surface area contributed by atoms with E-state index in [1.54, 1.807) is 0 Å². The number of oxime groups is 1. The van der Waals surface area contributed by atoms with Gasteiger partial charge in [-0.3, -0.25) is 0 Å². The molecule has 8 heavy (non-hydrogen) atoms. The molecule has 4 nitrogen and oxygen atoms in total. The lowest BCUT2D eigenvalue weighted by Gasteiger charge is -2.03. The Kier molecular flexibility index (Phi) is 4.20. The lowest BCUT2D eigenvalue weighted by molar-refractivity contribution is -0.0497. The van der Waals surface area contributed by atoms with Crippen molar-refractivity contribution in [3.8, 4) is 0 Å². The molecule has 0 unspecified atom stereocenters. The highest BCUT2D eigenvalue weighted by molar-refractivity contribution is 5.60. The van der Waals surface area contributed by atoms with Crippen molar-refractivity contribution >= 4 is 6.21 Å². The number of ether oxygens (including phenoxy) is 2. The summed E-state index contributed by atoms with van der Waals surface area (Å²) >= 11 is 0. The molecule has 0 aromatic carbocycles. The van der Waals surface area contributed by atoms with Gasteiger partial charge in [0.25, 0.3) is 0 Å². The quantitative estimate of drug-likeness (QED) is 0.247. The van der Waals surface area contributed by atoms with Gasteiger partial charge in [0.05, 0.1) is 6.21 Å².